The highest BCUT2D eigenvalue weighted by Crippen LogP contribution is 2.28. The Kier molecular flexibility index (Phi) is 5.29. The highest BCUT2D eigenvalue weighted by molar-refractivity contribution is 5.92. The minimum absolute atomic E-state index is 0.661. The van der Waals surface area contributed by atoms with Crippen LogP contribution in [-0.4, -0.2) is 40.3 Å². The van der Waals surface area contributed by atoms with Gasteiger partial charge in [0.25, 0.3) is 0 Å². The van der Waals surface area contributed by atoms with E-state index >= 15 is 0 Å². The molecule has 0 aliphatic carbocycles. The Hall–Kier alpha value is -4.13. The van der Waals surface area contributed by atoms with E-state index in [1.165, 1.54) is 0 Å². The molecule has 0 unspecified atom stereocenters. The summed E-state index contributed by atoms with van der Waals surface area (Å²) in [6, 6.07) is 23.9. The third-order valence-electron chi connectivity index (χ3n) is 5.36. The number of hydrogen-bond donors (Lipinski definition) is 1. The number of ether oxygens (including phenoxy) is 2. The van der Waals surface area contributed by atoms with Crippen LogP contribution in [0.2, 0.25) is 0 Å². The van der Waals surface area contributed by atoms with Gasteiger partial charge in [-0.3, -0.25) is 0 Å². The number of aromatic nitrogens is 4. The van der Waals surface area contributed by atoms with E-state index in [1.54, 1.807) is 18.7 Å². The molecule has 0 amide bonds. The minimum Gasteiger partial charge on any atom is -0.493 e. The molecule has 0 saturated carbocycles. The second-order valence-electron chi connectivity index (χ2n) is 7.36. The van der Waals surface area contributed by atoms with Crippen LogP contribution in [0.3, 0.4) is 0 Å². The number of benzene rings is 3. The molecule has 1 N–H and O–H groups in total. The van der Waals surface area contributed by atoms with Crippen molar-refractivity contribution >= 4 is 22.5 Å². The summed E-state index contributed by atoms with van der Waals surface area (Å²) in [5.41, 5.74) is 3.76. The number of rotatable bonds is 7. The second kappa shape index (κ2) is 8.55. The fraction of sp³-hybridized carbons (Fsp3) is 0.160. The smallest absolute Gasteiger partial charge is 0.226 e. The molecule has 160 valence electrons. The third kappa shape index (κ3) is 3.69. The molecule has 5 aromatic rings. The van der Waals surface area contributed by atoms with E-state index in [1.807, 2.05) is 72.8 Å². The van der Waals surface area contributed by atoms with Crippen LogP contribution in [0.1, 0.15) is 5.56 Å². The Labute approximate surface area is 185 Å². The first-order valence-electron chi connectivity index (χ1n) is 10.4. The molecule has 32 heavy (non-hydrogen) atoms. The molecule has 2 heterocycles. The van der Waals surface area contributed by atoms with Gasteiger partial charge in [0.2, 0.25) is 5.95 Å². The molecule has 0 spiro atoms. The van der Waals surface area contributed by atoms with Crippen molar-refractivity contribution in [1.29, 1.82) is 0 Å². The summed E-state index contributed by atoms with van der Waals surface area (Å²) in [6.07, 6.45) is 0.788. The first-order valence-corrected chi connectivity index (χ1v) is 10.4. The van der Waals surface area contributed by atoms with Gasteiger partial charge in [0, 0.05) is 17.5 Å². The van der Waals surface area contributed by atoms with Gasteiger partial charge in [0.15, 0.2) is 23.0 Å². The molecule has 3 aromatic carbocycles. The molecule has 0 radical (unpaired) electrons. The summed E-state index contributed by atoms with van der Waals surface area (Å²) in [5.74, 6) is 2.78. The lowest BCUT2D eigenvalue weighted by molar-refractivity contribution is 0.354. The van der Waals surface area contributed by atoms with Crippen molar-refractivity contribution in [3.63, 3.8) is 0 Å². The summed E-state index contributed by atoms with van der Waals surface area (Å²) < 4.78 is 12.5. The van der Waals surface area contributed by atoms with E-state index in [0.717, 1.165) is 45.6 Å². The Bertz CT molecular complexity index is 1380. The SMILES string of the molecule is COc1ccc(CCNc2nc3ccccc3c3nc(-c4ccccc4)nn23)cc1OC. The van der Waals surface area contributed by atoms with Crippen molar-refractivity contribution in [3.8, 4) is 22.9 Å². The highest BCUT2D eigenvalue weighted by Gasteiger charge is 2.14. The zero-order valence-corrected chi connectivity index (χ0v) is 17.9. The fourth-order valence-electron chi connectivity index (χ4n) is 3.73. The van der Waals surface area contributed by atoms with Crippen LogP contribution in [0.15, 0.2) is 72.8 Å². The molecule has 0 saturated heterocycles. The number of methoxy groups -OCH3 is 2. The van der Waals surface area contributed by atoms with Crippen LogP contribution in [0.4, 0.5) is 5.95 Å². The van der Waals surface area contributed by atoms with Crippen LogP contribution >= 0.6 is 0 Å². The van der Waals surface area contributed by atoms with E-state index in [9.17, 15) is 0 Å². The zero-order valence-electron chi connectivity index (χ0n) is 17.9. The van der Waals surface area contributed by atoms with Crippen LogP contribution < -0.4 is 14.8 Å². The van der Waals surface area contributed by atoms with E-state index in [0.29, 0.717) is 18.3 Å². The first-order chi connectivity index (χ1) is 15.8. The fourth-order valence-corrected chi connectivity index (χ4v) is 3.73. The molecule has 0 aliphatic heterocycles. The van der Waals surface area contributed by atoms with Gasteiger partial charge in [-0.2, -0.15) is 4.52 Å². The third-order valence-corrected chi connectivity index (χ3v) is 5.36. The molecule has 2 aromatic heterocycles. The van der Waals surface area contributed by atoms with E-state index in [-0.39, 0.29) is 0 Å². The van der Waals surface area contributed by atoms with Gasteiger partial charge in [-0.1, -0.05) is 48.5 Å². The number of hydrogen-bond acceptors (Lipinski definition) is 6. The lowest BCUT2D eigenvalue weighted by atomic mass is 10.1. The van der Waals surface area contributed by atoms with Gasteiger partial charge < -0.3 is 14.8 Å². The largest absolute Gasteiger partial charge is 0.493 e. The quantitative estimate of drug-likeness (QED) is 0.410. The normalized spacial score (nSPS) is 11.1. The summed E-state index contributed by atoms with van der Waals surface area (Å²) in [5, 5.41) is 9.15. The average Bonchev–Trinajstić information content (AvgIpc) is 3.31. The predicted octanol–water partition coefficient (Wildman–Crippen LogP) is 4.62. The summed E-state index contributed by atoms with van der Waals surface area (Å²) in [4.78, 5) is 9.63. The number of nitrogens with zero attached hydrogens (tertiary/aromatic N) is 4. The molecule has 0 aliphatic rings. The first kappa shape index (κ1) is 19.8. The molecular formula is C25H23N5O2. The van der Waals surface area contributed by atoms with Gasteiger partial charge in [-0.25, -0.2) is 9.97 Å². The Morgan fingerprint density at radius 2 is 1.62 bits per heavy atom. The van der Waals surface area contributed by atoms with Crippen LogP contribution in [0.25, 0.3) is 27.9 Å². The topological polar surface area (TPSA) is 73.6 Å². The summed E-state index contributed by atoms with van der Waals surface area (Å²) in [6.45, 7) is 0.677. The van der Waals surface area contributed by atoms with Gasteiger partial charge in [-0.05, 0) is 36.2 Å². The molecular weight excluding hydrogens is 402 g/mol. The predicted molar refractivity (Wildman–Crippen MR) is 125 cm³/mol. The van der Waals surface area contributed by atoms with Crippen molar-refractivity contribution in [2.45, 2.75) is 6.42 Å². The molecule has 0 fully saturated rings. The Morgan fingerprint density at radius 1 is 0.844 bits per heavy atom. The molecule has 7 heteroatoms. The standard InChI is InChI=1S/C25H23N5O2/c1-31-21-13-12-17(16-22(21)32-2)14-15-26-25-27-20-11-7-6-10-19(20)24-28-23(29-30(24)25)18-8-4-3-5-9-18/h3-13,16H,14-15H2,1-2H3,(H,26,27). The lowest BCUT2D eigenvalue weighted by Gasteiger charge is -2.11. The van der Waals surface area contributed by atoms with Crippen molar-refractivity contribution < 1.29 is 9.47 Å². The van der Waals surface area contributed by atoms with Crippen LogP contribution in [-0.2, 0) is 6.42 Å². The lowest BCUT2D eigenvalue weighted by Crippen LogP contribution is -2.11. The van der Waals surface area contributed by atoms with Crippen molar-refractivity contribution in [2.75, 3.05) is 26.1 Å². The van der Waals surface area contributed by atoms with E-state index < -0.39 is 0 Å². The highest BCUT2D eigenvalue weighted by atomic mass is 16.5. The van der Waals surface area contributed by atoms with Crippen LogP contribution in [0.5, 0.6) is 11.5 Å². The van der Waals surface area contributed by atoms with E-state index in [2.05, 4.69) is 5.32 Å². The van der Waals surface area contributed by atoms with E-state index in [4.69, 9.17) is 24.5 Å². The van der Waals surface area contributed by atoms with Crippen LogP contribution in [0, 0.1) is 0 Å². The molecule has 0 bridgehead atoms. The maximum absolute atomic E-state index is 5.41. The van der Waals surface area contributed by atoms with Crippen molar-refractivity contribution in [1.82, 2.24) is 19.6 Å². The molecule has 7 nitrogen and oxygen atoms in total. The monoisotopic (exact) mass is 425 g/mol. The minimum atomic E-state index is 0.661. The number of anilines is 1. The van der Waals surface area contributed by atoms with Crippen molar-refractivity contribution in [2.24, 2.45) is 0 Å². The maximum atomic E-state index is 5.41. The average molecular weight is 425 g/mol. The second-order valence-corrected chi connectivity index (χ2v) is 7.36. The maximum Gasteiger partial charge on any atom is 0.226 e. The molecule has 0 atom stereocenters. The zero-order chi connectivity index (χ0) is 21.9. The number of fused-ring (bicyclic) bond motifs is 3. The summed E-state index contributed by atoms with van der Waals surface area (Å²) in [7, 11) is 3.28. The van der Waals surface area contributed by atoms with Gasteiger partial charge >= 0.3 is 0 Å². The Balaban J connectivity index is 1.47. The molecule has 5 rings (SSSR count). The van der Waals surface area contributed by atoms with Gasteiger partial charge in [0.05, 0.1) is 19.7 Å². The number of para-hydroxylation sites is 1. The van der Waals surface area contributed by atoms with Gasteiger partial charge in [-0.15, -0.1) is 5.10 Å². The summed E-state index contributed by atoms with van der Waals surface area (Å²) >= 11 is 0. The number of nitrogens with one attached hydrogen (secondary N) is 1. The Morgan fingerprint density at radius 3 is 2.44 bits per heavy atom. The van der Waals surface area contributed by atoms with Gasteiger partial charge in [0.1, 0.15) is 0 Å². The van der Waals surface area contributed by atoms with Crippen molar-refractivity contribution in [3.05, 3.63) is 78.4 Å².